The van der Waals surface area contributed by atoms with Gasteiger partial charge in [-0.15, -0.1) is 23.1 Å². The first-order chi connectivity index (χ1) is 15.2. The highest BCUT2D eigenvalue weighted by molar-refractivity contribution is 8.00. The quantitative estimate of drug-likeness (QED) is 0.214. The van der Waals surface area contributed by atoms with Gasteiger partial charge in [0.2, 0.25) is 0 Å². The molecule has 2 saturated heterocycles. The third kappa shape index (κ3) is 4.07. The number of hydrogen-bond donors (Lipinski definition) is 3. The Morgan fingerprint density at radius 3 is 2.75 bits per heavy atom. The Labute approximate surface area is 192 Å². The number of likely N-dealkylation sites (tertiary alicyclic amines) is 1. The van der Waals surface area contributed by atoms with Gasteiger partial charge in [0.25, 0.3) is 11.8 Å². The van der Waals surface area contributed by atoms with Gasteiger partial charge in [0.1, 0.15) is 36.5 Å². The molecule has 0 unspecified atom stereocenters. The molecule has 4 rings (SSSR count). The lowest BCUT2D eigenvalue weighted by Gasteiger charge is -2.49. The number of carboxylic acid groups (broad SMARTS) is 1. The molecule has 32 heavy (non-hydrogen) atoms. The van der Waals surface area contributed by atoms with Gasteiger partial charge in [0.15, 0.2) is 10.8 Å². The number of likely N-dealkylation sites (N-methyl/N-ethyl adjacent to an activating group) is 1. The first kappa shape index (κ1) is 22.6. The van der Waals surface area contributed by atoms with Crippen molar-refractivity contribution in [2.24, 2.45) is 5.16 Å². The Morgan fingerprint density at radius 2 is 2.16 bits per heavy atom. The second kappa shape index (κ2) is 8.71. The summed E-state index contributed by atoms with van der Waals surface area (Å²) in [6.45, 7) is 2.61. The van der Waals surface area contributed by atoms with Gasteiger partial charge in [-0.1, -0.05) is 5.16 Å². The number of nitrogens with zero attached hydrogens (tertiary/aromatic N) is 4. The summed E-state index contributed by atoms with van der Waals surface area (Å²) in [6, 6.07) is -0.863. The lowest BCUT2D eigenvalue weighted by atomic mass is 10.0. The number of aromatic nitrogens is 1. The van der Waals surface area contributed by atoms with Crippen molar-refractivity contribution in [3.63, 3.8) is 0 Å². The summed E-state index contributed by atoms with van der Waals surface area (Å²) in [5.41, 5.74) is 6.59. The van der Waals surface area contributed by atoms with Crippen LogP contribution in [0.4, 0.5) is 5.13 Å². The summed E-state index contributed by atoms with van der Waals surface area (Å²) in [4.78, 5) is 47.9. The van der Waals surface area contributed by atoms with E-state index in [1.165, 1.54) is 23.8 Å². The number of hydrogen-bond acceptors (Lipinski definition) is 9. The van der Waals surface area contributed by atoms with Crippen LogP contribution in [0, 0.1) is 0 Å². The number of carbonyl (C=O) groups excluding carboxylic acids is 2. The van der Waals surface area contributed by atoms with Crippen molar-refractivity contribution < 1.29 is 28.8 Å². The van der Waals surface area contributed by atoms with Crippen LogP contribution in [0.3, 0.4) is 0 Å². The molecule has 0 bridgehead atoms. The van der Waals surface area contributed by atoms with E-state index in [1.807, 2.05) is 0 Å². The molecule has 0 radical (unpaired) electrons. The van der Waals surface area contributed by atoms with Gasteiger partial charge >= 0.3 is 5.97 Å². The minimum absolute atomic E-state index is 0.0496. The molecule has 1 aromatic heterocycles. The van der Waals surface area contributed by atoms with E-state index in [0.717, 1.165) is 47.3 Å². The van der Waals surface area contributed by atoms with Crippen LogP contribution in [0.25, 0.3) is 0 Å². The number of β-lactam (4-membered cyclic amide) rings is 1. The number of thioether (sulfide) groups is 1. The lowest BCUT2D eigenvalue weighted by Crippen LogP contribution is -2.71. The van der Waals surface area contributed by atoms with Gasteiger partial charge in [-0.3, -0.25) is 14.5 Å². The van der Waals surface area contributed by atoms with Crippen LogP contribution in [0.5, 0.6) is 0 Å². The van der Waals surface area contributed by atoms with Gasteiger partial charge in [-0.25, -0.2) is 9.78 Å². The third-order valence-corrected chi connectivity index (χ3v) is 7.93. The highest BCUT2D eigenvalue weighted by Gasteiger charge is 2.55. The normalized spacial score (nSPS) is 24.8. The van der Waals surface area contributed by atoms with Crippen LogP contribution >= 0.6 is 23.1 Å². The Hall–Kier alpha value is -2.64. The highest BCUT2D eigenvalue weighted by atomic mass is 32.2. The van der Waals surface area contributed by atoms with Crippen molar-refractivity contribution in [3.05, 3.63) is 22.3 Å². The zero-order valence-electron chi connectivity index (χ0n) is 17.7. The van der Waals surface area contributed by atoms with Crippen LogP contribution in [0.1, 0.15) is 18.5 Å². The molecule has 13 heteroatoms. The molecule has 4 N–H and O–H groups in total. The number of nitrogens with one attached hydrogen (secondary N) is 1. The summed E-state index contributed by atoms with van der Waals surface area (Å²) in [5.74, 6) is -1.71. The number of thiazole rings is 1. The van der Waals surface area contributed by atoms with Gasteiger partial charge in [0.05, 0.1) is 20.1 Å². The SMILES string of the molecule is CO/N=C(\C(=O)N[C@@H]1C(=O)N2C(C(=O)O)=C(C[N+]3(C)CCCC3)CS[C@@H]12)c1csc(N)n1. The molecule has 4 heterocycles. The number of anilines is 1. The second-order valence-electron chi connectivity index (χ2n) is 8.24. The summed E-state index contributed by atoms with van der Waals surface area (Å²) in [5, 5.41) is 17.6. The highest BCUT2D eigenvalue weighted by Crippen LogP contribution is 2.41. The van der Waals surface area contributed by atoms with Crippen LogP contribution in [0.2, 0.25) is 0 Å². The molecule has 3 aliphatic rings. The van der Waals surface area contributed by atoms with Crippen LogP contribution in [0.15, 0.2) is 21.8 Å². The standard InChI is InChI=1S/C19H24N6O5S2/c1-25(5-3-4-6-25)7-10-8-31-17-13(16(27)24(17)14(10)18(28)29)22-15(26)12(23-30-2)11-9-32-19(20)21-11/h9,13,17H,3-8H2,1-2H3,(H3-,20,21,22,26,28,29)/p+1/b23-12-/t13-,17+/m1/s1. The number of oxime groups is 1. The van der Waals surface area contributed by atoms with Crippen molar-refractivity contribution in [2.45, 2.75) is 24.3 Å². The van der Waals surface area contributed by atoms with E-state index in [0.29, 0.717) is 12.3 Å². The Kier molecular flexibility index (Phi) is 6.14. The Bertz CT molecular complexity index is 1020. The van der Waals surface area contributed by atoms with E-state index in [1.54, 1.807) is 5.38 Å². The van der Waals surface area contributed by atoms with Gasteiger partial charge in [-0.05, 0) is 0 Å². The average Bonchev–Trinajstić information content (AvgIpc) is 3.37. The minimum atomic E-state index is -1.12. The largest absolute Gasteiger partial charge is 0.477 e. The fourth-order valence-corrected chi connectivity index (χ4v) is 6.31. The summed E-state index contributed by atoms with van der Waals surface area (Å²) in [7, 11) is 3.42. The zero-order chi connectivity index (χ0) is 23.0. The fourth-order valence-electron chi connectivity index (χ4n) is 4.42. The first-order valence-corrected chi connectivity index (χ1v) is 12.0. The molecule has 1 aromatic rings. The van der Waals surface area contributed by atoms with Crippen LogP contribution in [-0.2, 0) is 19.2 Å². The number of quaternary nitrogens is 1. The molecule has 3 aliphatic heterocycles. The smallest absolute Gasteiger partial charge is 0.352 e. The summed E-state index contributed by atoms with van der Waals surface area (Å²) in [6.07, 6.45) is 2.24. The van der Waals surface area contributed by atoms with E-state index in [9.17, 15) is 19.5 Å². The Balaban J connectivity index is 1.52. The maximum atomic E-state index is 12.9. The monoisotopic (exact) mass is 481 g/mol. The number of carboxylic acids is 1. The van der Waals surface area contributed by atoms with Gasteiger partial charge < -0.3 is 25.5 Å². The van der Waals surface area contributed by atoms with Crippen molar-refractivity contribution in [1.29, 1.82) is 0 Å². The van der Waals surface area contributed by atoms with Crippen molar-refractivity contribution in [1.82, 2.24) is 15.2 Å². The maximum absolute atomic E-state index is 12.9. The van der Waals surface area contributed by atoms with E-state index in [2.05, 4.69) is 22.5 Å². The molecule has 172 valence electrons. The molecule has 0 aliphatic carbocycles. The van der Waals surface area contributed by atoms with Gasteiger partial charge in [0, 0.05) is 29.5 Å². The molecule has 2 fully saturated rings. The number of amides is 2. The maximum Gasteiger partial charge on any atom is 0.352 e. The number of fused-ring (bicyclic) bond motifs is 1. The van der Waals surface area contributed by atoms with Crippen molar-refractivity contribution in [3.8, 4) is 0 Å². The van der Waals surface area contributed by atoms with E-state index >= 15 is 0 Å². The average molecular weight is 482 g/mol. The minimum Gasteiger partial charge on any atom is -0.477 e. The zero-order valence-corrected chi connectivity index (χ0v) is 19.4. The number of nitrogens with two attached hydrogens (primary N) is 1. The lowest BCUT2D eigenvalue weighted by molar-refractivity contribution is -0.893. The summed E-state index contributed by atoms with van der Waals surface area (Å²) >= 11 is 2.61. The second-order valence-corrected chi connectivity index (χ2v) is 10.2. The molecule has 0 saturated carbocycles. The predicted octanol–water partition coefficient (Wildman–Crippen LogP) is 0.0548. The van der Waals surface area contributed by atoms with Gasteiger partial charge in [-0.2, -0.15) is 0 Å². The number of carbonyl (C=O) groups is 3. The molecular formula is C19H25N6O5S2+. The molecular weight excluding hydrogens is 456 g/mol. The van der Waals surface area contributed by atoms with Crippen LogP contribution < -0.4 is 11.1 Å². The van der Waals surface area contributed by atoms with E-state index < -0.39 is 29.2 Å². The summed E-state index contributed by atoms with van der Waals surface area (Å²) < 4.78 is 0.785. The topological polar surface area (TPSA) is 147 Å². The van der Waals surface area contributed by atoms with Crippen molar-refractivity contribution >= 4 is 51.7 Å². The number of aliphatic carboxylic acids is 1. The fraction of sp³-hybridized carbons (Fsp3) is 0.526. The first-order valence-electron chi connectivity index (χ1n) is 10.1. The molecule has 0 aromatic carbocycles. The predicted molar refractivity (Wildman–Crippen MR) is 120 cm³/mol. The van der Waals surface area contributed by atoms with Crippen molar-refractivity contribution in [2.75, 3.05) is 45.3 Å². The number of rotatable bonds is 7. The Morgan fingerprint density at radius 1 is 1.44 bits per heavy atom. The third-order valence-electron chi connectivity index (χ3n) is 5.92. The van der Waals surface area contributed by atoms with E-state index in [4.69, 9.17) is 10.6 Å². The van der Waals surface area contributed by atoms with E-state index in [-0.39, 0.29) is 22.2 Å². The number of nitrogen functional groups attached to an aromatic ring is 1. The van der Waals surface area contributed by atoms with Crippen LogP contribution in [-0.4, -0.2) is 93.9 Å². The molecule has 2 amide bonds. The molecule has 0 spiro atoms. The molecule has 11 nitrogen and oxygen atoms in total. The molecule has 2 atom stereocenters.